The van der Waals surface area contributed by atoms with E-state index in [0.717, 1.165) is 30.0 Å². The molecule has 23 heavy (non-hydrogen) atoms. The molecule has 130 valence electrons. The van der Waals surface area contributed by atoms with Gasteiger partial charge in [-0.2, -0.15) is 0 Å². The predicted molar refractivity (Wildman–Crippen MR) is 99.1 cm³/mol. The molecule has 1 aliphatic rings. The number of rotatable bonds is 7. The molecule has 1 aromatic rings. The van der Waals surface area contributed by atoms with E-state index in [-0.39, 0.29) is 0 Å². The lowest BCUT2D eigenvalue weighted by Gasteiger charge is -2.31. The Morgan fingerprint density at radius 2 is 2.13 bits per heavy atom. The van der Waals surface area contributed by atoms with Crippen molar-refractivity contribution in [1.29, 1.82) is 0 Å². The van der Waals surface area contributed by atoms with Gasteiger partial charge in [0.15, 0.2) is 5.96 Å². The molecule has 0 aromatic carbocycles. The molecule has 0 unspecified atom stereocenters. The molecule has 0 radical (unpaired) electrons. The van der Waals surface area contributed by atoms with Crippen LogP contribution in [-0.4, -0.2) is 48.6 Å². The second kappa shape index (κ2) is 9.88. The van der Waals surface area contributed by atoms with Crippen molar-refractivity contribution in [1.82, 2.24) is 20.5 Å². The van der Waals surface area contributed by atoms with Crippen molar-refractivity contribution in [3.63, 3.8) is 0 Å². The average Bonchev–Trinajstić information content (AvgIpc) is 2.99. The summed E-state index contributed by atoms with van der Waals surface area (Å²) in [5.74, 6) is 1.76. The van der Waals surface area contributed by atoms with Gasteiger partial charge in [-0.3, -0.25) is 0 Å². The first-order chi connectivity index (χ1) is 11.2. The summed E-state index contributed by atoms with van der Waals surface area (Å²) in [5.41, 5.74) is 0. The highest BCUT2D eigenvalue weighted by Gasteiger charge is 2.17. The Morgan fingerprint density at radius 1 is 1.35 bits per heavy atom. The molecule has 1 aromatic heterocycles. The molecule has 0 saturated carbocycles. The summed E-state index contributed by atoms with van der Waals surface area (Å²) in [6, 6.07) is 0. The summed E-state index contributed by atoms with van der Waals surface area (Å²) in [6.07, 6.45) is 5.82. The maximum absolute atomic E-state index is 4.64. The summed E-state index contributed by atoms with van der Waals surface area (Å²) < 4.78 is 0. The van der Waals surface area contributed by atoms with Crippen LogP contribution in [-0.2, 0) is 6.54 Å². The molecule has 0 bridgehead atoms. The third-order valence-corrected chi connectivity index (χ3v) is 5.28. The van der Waals surface area contributed by atoms with E-state index in [1.807, 2.05) is 6.20 Å². The predicted octanol–water partition coefficient (Wildman–Crippen LogP) is 2.63. The van der Waals surface area contributed by atoms with Crippen LogP contribution in [0.5, 0.6) is 0 Å². The normalized spacial score (nSPS) is 17.4. The molecule has 6 heteroatoms. The number of aliphatic imine (C=N–C) groups is 1. The number of nitrogens with zero attached hydrogens (tertiary/aromatic N) is 3. The molecule has 0 atom stereocenters. The summed E-state index contributed by atoms with van der Waals surface area (Å²) in [4.78, 5) is 12.8. The van der Waals surface area contributed by atoms with Gasteiger partial charge in [0.25, 0.3) is 0 Å². The minimum absolute atomic E-state index is 0.655. The van der Waals surface area contributed by atoms with Crippen molar-refractivity contribution < 1.29 is 0 Å². The summed E-state index contributed by atoms with van der Waals surface area (Å²) in [7, 11) is 0. The number of nitrogens with one attached hydrogen (secondary N) is 2. The molecule has 0 spiro atoms. The van der Waals surface area contributed by atoms with Crippen LogP contribution in [0.15, 0.2) is 11.2 Å². The van der Waals surface area contributed by atoms with Crippen molar-refractivity contribution in [2.75, 3.05) is 32.7 Å². The number of piperidine rings is 1. The van der Waals surface area contributed by atoms with Gasteiger partial charge in [0.2, 0.25) is 0 Å². The third kappa shape index (κ3) is 6.47. The quantitative estimate of drug-likeness (QED) is 0.593. The molecule has 0 aliphatic carbocycles. The topological polar surface area (TPSA) is 52.6 Å². The molecular weight excluding hydrogens is 306 g/mol. The largest absolute Gasteiger partial charge is 0.357 e. The maximum Gasteiger partial charge on any atom is 0.191 e. The Hall–Kier alpha value is -1.14. The Morgan fingerprint density at radius 3 is 2.74 bits per heavy atom. The first-order valence-corrected chi connectivity index (χ1v) is 9.68. The van der Waals surface area contributed by atoms with Gasteiger partial charge in [-0.05, 0) is 58.7 Å². The summed E-state index contributed by atoms with van der Waals surface area (Å²) in [6.45, 7) is 12.7. The van der Waals surface area contributed by atoms with Crippen molar-refractivity contribution >= 4 is 17.3 Å². The Balaban J connectivity index is 1.71. The van der Waals surface area contributed by atoms with Gasteiger partial charge in [0, 0.05) is 24.2 Å². The number of hydrogen-bond donors (Lipinski definition) is 2. The minimum Gasteiger partial charge on any atom is -0.357 e. The number of aryl methyl sites for hydroxylation is 1. The van der Waals surface area contributed by atoms with Gasteiger partial charge in [-0.25, -0.2) is 9.98 Å². The van der Waals surface area contributed by atoms with Crippen molar-refractivity contribution in [2.45, 2.75) is 46.6 Å². The smallest absolute Gasteiger partial charge is 0.191 e. The van der Waals surface area contributed by atoms with Gasteiger partial charge in [0.05, 0.1) is 6.54 Å². The van der Waals surface area contributed by atoms with Crippen LogP contribution in [0, 0.1) is 12.8 Å². The number of likely N-dealkylation sites (tertiary alicyclic amines) is 1. The Kier molecular flexibility index (Phi) is 7.82. The fourth-order valence-electron chi connectivity index (χ4n) is 2.95. The van der Waals surface area contributed by atoms with Gasteiger partial charge in [0.1, 0.15) is 5.01 Å². The molecule has 2 N–H and O–H groups in total. The first-order valence-electron chi connectivity index (χ1n) is 8.87. The molecule has 1 fully saturated rings. The monoisotopic (exact) mass is 337 g/mol. The van der Waals surface area contributed by atoms with Crippen molar-refractivity contribution in [3.05, 3.63) is 16.1 Å². The Labute approximate surface area is 144 Å². The zero-order valence-corrected chi connectivity index (χ0v) is 15.6. The second-order valence-corrected chi connectivity index (χ2v) is 7.47. The van der Waals surface area contributed by atoms with Gasteiger partial charge < -0.3 is 15.5 Å². The van der Waals surface area contributed by atoms with E-state index in [4.69, 9.17) is 0 Å². The van der Waals surface area contributed by atoms with E-state index in [0.29, 0.717) is 6.54 Å². The highest BCUT2D eigenvalue weighted by Crippen LogP contribution is 2.19. The van der Waals surface area contributed by atoms with Crippen LogP contribution in [0.25, 0.3) is 0 Å². The molecule has 2 rings (SSSR count). The summed E-state index contributed by atoms with van der Waals surface area (Å²) in [5, 5.41) is 7.87. The molecule has 0 amide bonds. The fourth-order valence-corrected chi connectivity index (χ4v) is 3.66. The lowest BCUT2D eigenvalue weighted by Crippen LogP contribution is -2.39. The fraction of sp³-hybridized carbons (Fsp3) is 0.765. The van der Waals surface area contributed by atoms with Crippen LogP contribution < -0.4 is 10.6 Å². The molecule has 1 saturated heterocycles. The van der Waals surface area contributed by atoms with Crippen molar-refractivity contribution in [2.24, 2.45) is 10.9 Å². The van der Waals surface area contributed by atoms with E-state index in [1.54, 1.807) is 11.3 Å². The van der Waals surface area contributed by atoms with Crippen LogP contribution in [0.4, 0.5) is 0 Å². The van der Waals surface area contributed by atoms with Gasteiger partial charge in [-0.15, -0.1) is 11.3 Å². The van der Waals surface area contributed by atoms with E-state index in [1.165, 1.54) is 43.8 Å². The lowest BCUT2D eigenvalue weighted by molar-refractivity contribution is 0.187. The average molecular weight is 338 g/mol. The minimum atomic E-state index is 0.655. The van der Waals surface area contributed by atoms with Crippen molar-refractivity contribution in [3.8, 4) is 0 Å². The maximum atomic E-state index is 4.64. The molecule has 1 aliphatic heterocycles. The van der Waals surface area contributed by atoms with Crippen LogP contribution >= 0.6 is 11.3 Å². The first kappa shape index (κ1) is 18.2. The zero-order chi connectivity index (χ0) is 16.5. The lowest BCUT2D eigenvalue weighted by atomic mass is 9.93. The highest BCUT2D eigenvalue weighted by atomic mass is 32.1. The van der Waals surface area contributed by atoms with E-state index < -0.39 is 0 Å². The number of thiazole rings is 1. The second-order valence-electron chi connectivity index (χ2n) is 6.15. The molecular formula is C17H31N5S. The number of guanidine groups is 1. The number of hydrogen-bond acceptors (Lipinski definition) is 4. The van der Waals surface area contributed by atoms with Gasteiger partial charge in [-0.1, -0.05) is 6.92 Å². The SMILES string of the molecule is CCNC(=NCc1ncc(C)s1)NCCC1CCN(CC)CC1. The zero-order valence-electron chi connectivity index (χ0n) is 14.8. The Bertz CT molecular complexity index is 477. The third-order valence-electron chi connectivity index (χ3n) is 4.39. The standard InChI is InChI=1S/C17H31N5S/c1-4-18-17(21-13-16-20-12-14(3)23-16)19-9-6-15-7-10-22(5-2)11-8-15/h12,15H,4-11,13H2,1-3H3,(H2,18,19,21). The van der Waals surface area contributed by atoms with Crippen LogP contribution in [0.2, 0.25) is 0 Å². The van der Waals surface area contributed by atoms with Crippen LogP contribution in [0.1, 0.15) is 43.0 Å². The molecule has 5 nitrogen and oxygen atoms in total. The van der Waals surface area contributed by atoms with Crippen LogP contribution in [0.3, 0.4) is 0 Å². The number of aromatic nitrogens is 1. The van der Waals surface area contributed by atoms with Gasteiger partial charge >= 0.3 is 0 Å². The molecule has 2 heterocycles. The summed E-state index contributed by atoms with van der Waals surface area (Å²) >= 11 is 1.72. The van der Waals surface area contributed by atoms with E-state index in [9.17, 15) is 0 Å². The van der Waals surface area contributed by atoms with E-state index >= 15 is 0 Å². The van der Waals surface area contributed by atoms with E-state index in [2.05, 4.69) is 46.3 Å². The highest BCUT2D eigenvalue weighted by molar-refractivity contribution is 7.11.